The zero-order chi connectivity index (χ0) is 16.4. The minimum absolute atomic E-state index is 0.160. The van der Waals surface area contributed by atoms with Gasteiger partial charge in [-0.15, -0.1) is 0 Å². The summed E-state index contributed by atoms with van der Waals surface area (Å²) in [6, 6.07) is 11.4. The summed E-state index contributed by atoms with van der Waals surface area (Å²) in [7, 11) is 0. The second-order valence-corrected chi connectivity index (χ2v) is 5.28. The fourth-order valence-electron chi connectivity index (χ4n) is 2.16. The minimum Gasteiger partial charge on any atom is -0.274 e. The number of nitrogens with zero attached hydrogens (tertiary/aromatic N) is 2. The third kappa shape index (κ3) is 3.22. The number of rotatable bonds is 3. The van der Waals surface area contributed by atoms with E-state index in [2.05, 4.69) is 20.8 Å². The average molecular weight is 331 g/mol. The Labute approximate surface area is 136 Å². The van der Waals surface area contributed by atoms with Crippen molar-refractivity contribution in [1.29, 1.82) is 0 Å². The van der Waals surface area contributed by atoms with E-state index in [-0.39, 0.29) is 11.9 Å². The van der Waals surface area contributed by atoms with Gasteiger partial charge in [-0.3, -0.25) is 15.6 Å². The quantitative estimate of drug-likeness (QED) is 0.721. The van der Waals surface area contributed by atoms with E-state index in [1.807, 2.05) is 0 Å². The number of amides is 1. The fourth-order valence-corrected chi connectivity index (χ4v) is 2.33. The second-order valence-electron chi connectivity index (χ2n) is 4.84. The van der Waals surface area contributed by atoms with Crippen molar-refractivity contribution in [3.05, 3.63) is 53.3 Å². The Morgan fingerprint density at radius 3 is 2.70 bits per heavy atom. The summed E-state index contributed by atoms with van der Waals surface area (Å²) in [6.45, 7) is 1.35. The topological polar surface area (TPSA) is 66.9 Å². The van der Waals surface area contributed by atoms with Crippen molar-refractivity contribution in [2.45, 2.75) is 6.92 Å². The van der Waals surface area contributed by atoms with Gasteiger partial charge in [0.05, 0.1) is 11.2 Å². The van der Waals surface area contributed by atoms with Gasteiger partial charge in [-0.2, -0.15) is 0 Å². The largest absolute Gasteiger partial charge is 0.274 e. The Morgan fingerprint density at radius 1 is 1.17 bits per heavy atom. The molecule has 0 saturated heterocycles. The van der Waals surface area contributed by atoms with Crippen LogP contribution in [0.3, 0.4) is 0 Å². The SMILES string of the molecule is CC(=O)NNc1nc(-c2ccccc2F)c2cc(Cl)ccc2n1. The van der Waals surface area contributed by atoms with E-state index >= 15 is 0 Å². The molecular formula is C16H12ClFN4O. The molecule has 23 heavy (non-hydrogen) atoms. The lowest BCUT2D eigenvalue weighted by molar-refractivity contribution is -0.118. The van der Waals surface area contributed by atoms with Crippen molar-refractivity contribution in [3.63, 3.8) is 0 Å². The molecule has 0 spiro atoms. The molecule has 0 aliphatic carbocycles. The second kappa shape index (κ2) is 6.18. The van der Waals surface area contributed by atoms with Crippen LogP contribution in [0.4, 0.5) is 10.3 Å². The number of hydrogen-bond acceptors (Lipinski definition) is 4. The average Bonchev–Trinajstić information content (AvgIpc) is 2.53. The zero-order valence-electron chi connectivity index (χ0n) is 12.1. The number of carbonyl (C=O) groups excluding carboxylic acids is 1. The van der Waals surface area contributed by atoms with Crippen molar-refractivity contribution in [2.24, 2.45) is 0 Å². The van der Waals surface area contributed by atoms with E-state index in [1.54, 1.807) is 36.4 Å². The molecule has 2 N–H and O–H groups in total. The smallest absolute Gasteiger partial charge is 0.242 e. The van der Waals surface area contributed by atoms with Crippen LogP contribution >= 0.6 is 11.6 Å². The summed E-state index contributed by atoms with van der Waals surface area (Å²) in [5.74, 6) is -0.538. The van der Waals surface area contributed by atoms with Gasteiger partial charge in [-0.25, -0.2) is 14.4 Å². The van der Waals surface area contributed by atoms with Crippen LogP contribution in [0.25, 0.3) is 22.2 Å². The summed E-state index contributed by atoms with van der Waals surface area (Å²) in [4.78, 5) is 19.6. The van der Waals surface area contributed by atoms with Gasteiger partial charge < -0.3 is 0 Å². The third-order valence-electron chi connectivity index (χ3n) is 3.14. The van der Waals surface area contributed by atoms with E-state index in [0.717, 1.165) is 0 Å². The highest BCUT2D eigenvalue weighted by Gasteiger charge is 2.13. The molecule has 2 aromatic carbocycles. The lowest BCUT2D eigenvalue weighted by Crippen LogP contribution is -2.27. The van der Waals surface area contributed by atoms with Crippen LogP contribution in [0.5, 0.6) is 0 Å². The fraction of sp³-hybridized carbons (Fsp3) is 0.0625. The number of benzene rings is 2. The number of hydrazine groups is 1. The highest BCUT2D eigenvalue weighted by Crippen LogP contribution is 2.30. The Kier molecular flexibility index (Phi) is 4.08. The maximum absolute atomic E-state index is 14.2. The number of hydrogen-bond donors (Lipinski definition) is 2. The van der Waals surface area contributed by atoms with Crippen molar-refractivity contribution in [3.8, 4) is 11.3 Å². The standard InChI is InChI=1S/C16H12ClFN4O/c1-9(23)21-22-16-19-14-7-6-10(17)8-12(14)15(20-16)11-4-2-3-5-13(11)18/h2-8H,1H3,(H,21,23)(H,19,20,22). The molecule has 0 atom stereocenters. The Balaban J connectivity index is 2.22. The molecule has 7 heteroatoms. The summed E-state index contributed by atoms with van der Waals surface area (Å²) in [6.07, 6.45) is 0. The maximum Gasteiger partial charge on any atom is 0.242 e. The maximum atomic E-state index is 14.2. The van der Waals surface area contributed by atoms with Gasteiger partial charge in [0, 0.05) is 22.9 Å². The summed E-state index contributed by atoms with van der Waals surface area (Å²) >= 11 is 6.04. The van der Waals surface area contributed by atoms with Crippen LogP contribution < -0.4 is 10.9 Å². The summed E-state index contributed by atoms with van der Waals surface area (Å²) in [5.41, 5.74) is 6.30. The molecule has 3 rings (SSSR count). The van der Waals surface area contributed by atoms with E-state index in [1.165, 1.54) is 13.0 Å². The number of nitrogens with one attached hydrogen (secondary N) is 2. The monoisotopic (exact) mass is 330 g/mol. The normalized spacial score (nSPS) is 10.6. The molecule has 3 aromatic rings. The van der Waals surface area contributed by atoms with Crippen LogP contribution in [-0.2, 0) is 4.79 Å². The lowest BCUT2D eigenvalue weighted by atomic mass is 10.1. The molecule has 0 aliphatic heterocycles. The first-order valence-corrected chi connectivity index (χ1v) is 7.17. The molecule has 116 valence electrons. The van der Waals surface area contributed by atoms with Crippen molar-refractivity contribution < 1.29 is 9.18 Å². The number of aromatic nitrogens is 2. The van der Waals surface area contributed by atoms with E-state index in [0.29, 0.717) is 27.2 Å². The van der Waals surface area contributed by atoms with Crippen LogP contribution in [0, 0.1) is 5.82 Å². The Bertz CT molecular complexity index is 900. The number of halogens is 2. The molecule has 0 fully saturated rings. The van der Waals surface area contributed by atoms with E-state index in [9.17, 15) is 9.18 Å². The van der Waals surface area contributed by atoms with Crippen LogP contribution in [0.2, 0.25) is 5.02 Å². The van der Waals surface area contributed by atoms with Crippen LogP contribution in [0.1, 0.15) is 6.92 Å². The molecule has 0 unspecified atom stereocenters. The predicted molar refractivity (Wildman–Crippen MR) is 87.4 cm³/mol. The molecule has 1 aromatic heterocycles. The number of anilines is 1. The number of carbonyl (C=O) groups is 1. The zero-order valence-corrected chi connectivity index (χ0v) is 12.9. The summed E-state index contributed by atoms with van der Waals surface area (Å²) in [5, 5.41) is 1.12. The third-order valence-corrected chi connectivity index (χ3v) is 3.37. The predicted octanol–water partition coefficient (Wildman–Crippen LogP) is 3.55. The van der Waals surface area contributed by atoms with E-state index in [4.69, 9.17) is 11.6 Å². The van der Waals surface area contributed by atoms with Gasteiger partial charge in [0.1, 0.15) is 5.82 Å². The van der Waals surface area contributed by atoms with Crippen LogP contribution in [-0.4, -0.2) is 15.9 Å². The molecule has 1 heterocycles. The minimum atomic E-state index is -0.405. The van der Waals surface area contributed by atoms with Gasteiger partial charge >= 0.3 is 0 Å². The van der Waals surface area contributed by atoms with Gasteiger partial charge in [0.15, 0.2) is 0 Å². The van der Waals surface area contributed by atoms with Gasteiger partial charge in [-0.1, -0.05) is 23.7 Å². The first-order valence-electron chi connectivity index (χ1n) is 6.79. The van der Waals surface area contributed by atoms with Crippen molar-refractivity contribution in [2.75, 3.05) is 5.43 Å². The van der Waals surface area contributed by atoms with Gasteiger partial charge in [0.25, 0.3) is 0 Å². The van der Waals surface area contributed by atoms with Crippen molar-refractivity contribution >= 4 is 34.4 Å². The summed E-state index contributed by atoms with van der Waals surface area (Å²) < 4.78 is 14.2. The van der Waals surface area contributed by atoms with Crippen molar-refractivity contribution in [1.82, 2.24) is 15.4 Å². The van der Waals surface area contributed by atoms with Gasteiger partial charge in [-0.05, 0) is 30.3 Å². The highest BCUT2D eigenvalue weighted by molar-refractivity contribution is 6.31. The van der Waals surface area contributed by atoms with Gasteiger partial charge in [0.2, 0.25) is 11.9 Å². The molecule has 0 bridgehead atoms. The Morgan fingerprint density at radius 2 is 1.96 bits per heavy atom. The molecule has 0 aliphatic rings. The first-order chi connectivity index (χ1) is 11.0. The molecule has 1 amide bonds. The molecule has 0 saturated carbocycles. The lowest BCUT2D eigenvalue weighted by Gasteiger charge is -2.11. The molecule has 0 radical (unpaired) electrons. The van der Waals surface area contributed by atoms with E-state index < -0.39 is 5.82 Å². The highest BCUT2D eigenvalue weighted by atomic mass is 35.5. The molecule has 5 nitrogen and oxygen atoms in total. The Hall–Kier alpha value is -2.73. The molecular weight excluding hydrogens is 319 g/mol. The van der Waals surface area contributed by atoms with Crippen LogP contribution in [0.15, 0.2) is 42.5 Å². The number of fused-ring (bicyclic) bond motifs is 1. The first kappa shape index (κ1) is 15.2.